The van der Waals surface area contributed by atoms with Gasteiger partial charge >= 0.3 is 48.6 Å². The van der Waals surface area contributed by atoms with E-state index in [9.17, 15) is 71.9 Å². The summed E-state index contributed by atoms with van der Waals surface area (Å²) in [4.78, 5) is 44.1. The Bertz CT molecular complexity index is 813. The van der Waals surface area contributed by atoms with E-state index >= 15 is 0 Å². The molecule has 0 amide bonds. The molecule has 0 aliphatic carbocycles. The lowest BCUT2D eigenvalue weighted by Crippen LogP contribution is -2.60. The van der Waals surface area contributed by atoms with Crippen molar-refractivity contribution in [1.82, 2.24) is 0 Å². The summed E-state index contributed by atoms with van der Waals surface area (Å²) < 4.78 is 169. The van der Waals surface area contributed by atoms with Crippen LogP contribution in [-0.4, -0.2) is 86.2 Å². The first-order valence-electron chi connectivity index (χ1n) is 8.24. The van der Waals surface area contributed by atoms with Crippen molar-refractivity contribution in [2.24, 2.45) is 0 Å². The predicted molar refractivity (Wildman–Crippen MR) is 74.6 cm³/mol. The Labute approximate surface area is 183 Å². The average molecular weight is 548 g/mol. The molecule has 0 radical (unpaired) electrons. The minimum absolute atomic E-state index is 1.56. The molecule has 0 spiro atoms. The first-order chi connectivity index (χ1) is 15.5. The lowest BCUT2D eigenvalue weighted by atomic mass is 9.99. The van der Waals surface area contributed by atoms with E-state index in [0.717, 1.165) is 0 Å². The van der Waals surface area contributed by atoms with Crippen molar-refractivity contribution < 1.29 is 95.5 Å². The van der Waals surface area contributed by atoms with Crippen LogP contribution in [0.2, 0.25) is 0 Å². The quantitative estimate of drug-likeness (QED) is 0.289. The predicted octanol–water partition coefficient (Wildman–Crippen LogP) is 1.91. The second-order valence-corrected chi connectivity index (χ2v) is 6.14. The number of ether oxygens (including phenoxy) is 5. The summed E-state index contributed by atoms with van der Waals surface area (Å²) in [5, 5.41) is 0. The normalized spacial score (nSPS) is 23.8. The zero-order valence-electron chi connectivity index (χ0n) is 15.9. The lowest BCUT2D eigenvalue weighted by Gasteiger charge is -2.40. The first kappa shape index (κ1) is 30.0. The SMILES string of the molecule is O=C(OCC1OCC(OC(=O)C(F)(F)F)C(OC(=O)C(F)(F)F)C1OC(=O)C(F)(F)F)C(F)(F)F. The highest BCUT2D eigenvalue weighted by Gasteiger charge is 2.56. The summed E-state index contributed by atoms with van der Waals surface area (Å²) in [5.41, 5.74) is 0. The topological polar surface area (TPSA) is 114 Å². The van der Waals surface area contributed by atoms with Gasteiger partial charge in [0.15, 0.2) is 18.3 Å². The molecule has 0 saturated carbocycles. The maximum Gasteiger partial charge on any atom is 0.490 e. The monoisotopic (exact) mass is 548 g/mol. The number of carbonyl (C=O) groups excluding carboxylic acids is 4. The minimum Gasteiger partial charge on any atom is -0.456 e. The highest BCUT2D eigenvalue weighted by Crippen LogP contribution is 2.31. The molecule has 0 aromatic heterocycles. The van der Waals surface area contributed by atoms with E-state index in [4.69, 9.17) is 0 Å². The number of hydrogen-bond donors (Lipinski definition) is 0. The van der Waals surface area contributed by atoms with Gasteiger partial charge in [0.25, 0.3) is 0 Å². The zero-order valence-corrected chi connectivity index (χ0v) is 15.9. The molecular formula is C14H8F12O9. The van der Waals surface area contributed by atoms with Crippen molar-refractivity contribution in [2.75, 3.05) is 13.2 Å². The summed E-state index contributed by atoms with van der Waals surface area (Å²) in [5.74, 6) is -12.8. The Morgan fingerprint density at radius 1 is 0.600 bits per heavy atom. The van der Waals surface area contributed by atoms with Crippen molar-refractivity contribution in [3.8, 4) is 0 Å². The van der Waals surface area contributed by atoms with Gasteiger partial charge in [-0.15, -0.1) is 0 Å². The molecule has 0 aromatic rings. The van der Waals surface area contributed by atoms with Gasteiger partial charge in [-0.1, -0.05) is 0 Å². The van der Waals surface area contributed by atoms with Gasteiger partial charge in [0.05, 0.1) is 6.61 Å². The Hall–Kier alpha value is -3.00. The van der Waals surface area contributed by atoms with Gasteiger partial charge in [-0.05, 0) is 0 Å². The number of hydrogen-bond acceptors (Lipinski definition) is 9. The van der Waals surface area contributed by atoms with E-state index in [1.165, 1.54) is 0 Å². The van der Waals surface area contributed by atoms with Crippen LogP contribution in [0.1, 0.15) is 0 Å². The van der Waals surface area contributed by atoms with Crippen LogP contribution >= 0.6 is 0 Å². The number of carbonyl (C=O) groups is 4. The Morgan fingerprint density at radius 3 is 1.37 bits per heavy atom. The third-order valence-electron chi connectivity index (χ3n) is 3.58. The highest BCUT2D eigenvalue weighted by molar-refractivity contribution is 5.78. The average Bonchev–Trinajstić information content (AvgIpc) is 2.65. The third-order valence-corrected chi connectivity index (χ3v) is 3.58. The van der Waals surface area contributed by atoms with Gasteiger partial charge in [-0.25, -0.2) is 19.2 Å². The summed E-state index contributed by atoms with van der Waals surface area (Å²) in [6, 6.07) is 0. The van der Waals surface area contributed by atoms with E-state index in [1.807, 2.05) is 0 Å². The van der Waals surface area contributed by atoms with Crippen LogP contribution in [0.4, 0.5) is 52.7 Å². The van der Waals surface area contributed by atoms with Crippen LogP contribution in [0.3, 0.4) is 0 Å². The van der Waals surface area contributed by atoms with Crippen molar-refractivity contribution in [1.29, 1.82) is 0 Å². The van der Waals surface area contributed by atoms with Crippen LogP contribution in [0.15, 0.2) is 0 Å². The molecule has 1 aliphatic rings. The second-order valence-electron chi connectivity index (χ2n) is 6.14. The fourth-order valence-corrected chi connectivity index (χ4v) is 2.19. The number of alkyl halides is 12. The molecule has 1 heterocycles. The van der Waals surface area contributed by atoms with E-state index in [2.05, 4.69) is 23.7 Å². The molecule has 35 heavy (non-hydrogen) atoms. The molecule has 1 aliphatic heterocycles. The molecule has 9 nitrogen and oxygen atoms in total. The third kappa shape index (κ3) is 8.62. The maximum absolute atomic E-state index is 12.6. The minimum atomic E-state index is -5.96. The number of esters is 4. The molecule has 0 aromatic carbocycles. The maximum atomic E-state index is 12.6. The number of halogens is 12. The number of rotatable bonds is 5. The van der Waals surface area contributed by atoms with Crippen molar-refractivity contribution in [2.45, 2.75) is 49.1 Å². The van der Waals surface area contributed by atoms with Gasteiger partial charge < -0.3 is 23.7 Å². The summed E-state index contributed by atoms with van der Waals surface area (Å²) in [6.45, 7) is -3.39. The fraction of sp³-hybridized carbons (Fsp3) is 0.714. The molecule has 1 rings (SSSR count). The van der Waals surface area contributed by atoms with Gasteiger partial charge in [0.1, 0.15) is 12.7 Å². The van der Waals surface area contributed by atoms with E-state index in [1.54, 1.807) is 0 Å². The zero-order chi connectivity index (χ0) is 27.6. The van der Waals surface area contributed by atoms with Gasteiger partial charge in [-0.2, -0.15) is 52.7 Å². The Balaban J connectivity index is 3.38. The van der Waals surface area contributed by atoms with Gasteiger partial charge in [0.2, 0.25) is 0 Å². The van der Waals surface area contributed by atoms with E-state index in [-0.39, 0.29) is 0 Å². The summed E-state index contributed by atoms with van der Waals surface area (Å²) in [7, 11) is 0. The molecule has 4 atom stereocenters. The van der Waals surface area contributed by atoms with Crippen LogP contribution in [0.25, 0.3) is 0 Å². The second kappa shape index (κ2) is 10.3. The van der Waals surface area contributed by atoms with Gasteiger partial charge in [0, 0.05) is 0 Å². The van der Waals surface area contributed by atoms with Crippen LogP contribution in [0, 0.1) is 0 Å². The molecule has 0 bridgehead atoms. The van der Waals surface area contributed by atoms with Gasteiger partial charge in [-0.3, -0.25) is 0 Å². The van der Waals surface area contributed by atoms with Crippen LogP contribution in [0.5, 0.6) is 0 Å². The Kier molecular flexibility index (Phi) is 8.85. The first-order valence-corrected chi connectivity index (χ1v) is 8.24. The molecule has 1 fully saturated rings. The summed E-state index contributed by atoms with van der Waals surface area (Å²) in [6.07, 6.45) is -35.2. The highest BCUT2D eigenvalue weighted by atomic mass is 19.4. The van der Waals surface area contributed by atoms with Crippen LogP contribution < -0.4 is 0 Å². The largest absolute Gasteiger partial charge is 0.490 e. The molecule has 4 unspecified atom stereocenters. The molecule has 0 N–H and O–H groups in total. The molecular weight excluding hydrogens is 540 g/mol. The van der Waals surface area contributed by atoms with Crippen molar-refractivity contribution >= 4 is 23.9 Å². The standard InChI is InChI=1S/C14H8F12O9/c15-11(16,17)7(27)32-1-3-5(34-9(29)13(21,22)23)6(35-10(30)14(24,25)26)4(2-31-3)33-8(28)12(18,19)20/h3-6H,1-2H2. The van der Waals surface area contributed by atoms with E-state index in [0.29, 0.717) is 0 Å². The fourth-order valence-electron chi connectivity index (χ4n) is 2.19. The Morgan fingerprint density at radius 2 is 0.971 bits per heavy atom. The molecule has 202 valence electrons. The van der Waals surface area contributed by atoms with Crippen molar-refractivity contribution in [3.63, 3.8) is 0 Å². The lowest BCUT2D eigenvalue weighted by molar-refractivity contribution is -0.266. The van der Waals surface area contributed by atoms with Crippen LogP contribution in [-0.2, 0) is 42.9 Å². The summed E-state index contributed by atoms with van der Waals surface area (Å²) >= 11 is 0. The van der Waals surface area contributed by atoms with E-state index < -0.39 is 86.2 Å². The molecule has 21 heteroatoms. The van der Waals surface area contributed by atoms with Crippen molar-refractivity contribution in [3.05, 3.63) is 0 Å². The smallest absolute Gasteiger partial charge is 0.456 e. The molecule has 1 saturated heterocycles.